The Morgan fingerprint density at radius 3 is 2.43 bits per heavy atom. The summed E-state index contributed by atoms with van der Waals surface area (Å²) < 4.78 is 51.7. The molecule has 0 atom stereocenters. The molecule has 0 fully saturated rings. The van der Waals surface area contributed by atoms with E-state index >= 15 is 0 Å². The molecule has 0 aliphatic rings. The van der Waals surface area contributed by atoms with Crippen LogP contribution in [-0.2, 0) is 12.8 Å². The number of carbonyl (C=O) groups is 1. The number of carbonyl (C=O) groups excluding carboxylic acids is 1. The van der Waals surface area contributed by atoms with Gasteiger partial charge in [-0.3, -0.25) is 4.79 Å². The number of amides is 1. The highest BCUT2D eigenvalue weighted by Gasteiger charge is 2.30. The molecule has 2 heterocycles. The third-order valence-corrected chi connectivity index (χ3v) is 5.23. The van der Waals surface area contributed by atoms with Crippen molar-refractivity contribution in [1.82, 2.24) is 9.99 Å². The number of nitrogens with one attached hydrogen (secondary N) is 1. The van der Waals surface area contributed by atoms with Gasteiger partial charge in [-0.15, -0.1) is 0 Å². The van der Waals surface area contributed by atoms with E-state index in [2.05, 4.69) is 27.2 Å². The summed E-state index contributed by atoms with van der Waals surface area (Å²) in [6.07, 6.45) is -3.33. The fourth-order valence-electron chi connectivity index (χ4n) is 3.51. The summed E-state index contributed by atoms with van der Waals surface area (Å²) in [6, 6.07) is 19.4. The van der Waals surface area contributed by atoms with Gasteiger partial charge in [0.2, 0.25) is 0 Å². The maximum atomic E-state index is 12.8. The number of benzene rings is 2. The Kier molecular flexibility index (Phi) is 6.77. The Morgan fingerprint density at radius 1 is 1.03 bits per heavy atom. The molecule has 180 valence electrons. The van der Waals surface area contributed by atoms with Crippen molar-refractivity contribution >= 4 is 12.1 Å². The first-order chi connectivity index (χ1) is 16.7. The van der Waals surface area contributed by atoms with Crippen LogP contribution in [0.25, 0.3) is 5.69 Å². The van der Waals surface area contributed by atoms with Gasteiger partial charge in [0, 0.05) is 17.1 Å². The normalized spacial score (nSPS) is 11.7. The maximum Gasteiger partial charge on any atom is 0.416 e. The monoisotopic (exact) mass is 481 g/mol. The van der Waals surface area contributed by atoms with E-state index in [1.54, 1.807) is 6.07 Å². The molecule has 4 aromatic rings. The van der Waals surface area contributed by atoms with Crippen LogP contribution in [0.4, 0.5) is 13.2 Å². The molecule has 0 bridgehead atoms. The Labute approximate surface area is 199 Å². The number of aromatic nitrogens is 1. The Balaban J connectivity index is 1.31. The maximum absolute atomic E-state index is 12.8. The molecular weight excluding hydrogens is 459 g/mol. The van der Waals surface area contributed by atoms with Crippen LogP contribution in [0.15, 0.2) is 82.3 Å². The van der Waals surface area contributed by atoms with Gasteiger partial charge in [-0.1, -0.05) is 12.1 Å². The van der Waals surface area contributed by atoms with Crippen molar-refractivity contribution in [2.75, 3.05) is 0 Å². The molecule has 1 N–H and O–H groups in total. The standard InChI is InChI=1S/C26H22F3N3O3/c1-17-6-7-18(2)32(17)21-8-10-22(11-9-21)34-16-23-12-13-24(35-23)25(33)31-30-15-19-4-3-5-20(14-19)26(27,28)29/h3-15H,16H2,1-2H3,(H,31,33)/b30-15+. The van der Waals surface area contributed by atoms with Gasteiger partial charge in [-0.2, -0.15) is 18.3 Å². The van der Waals surface area contributed by atoms with Gasteiger partial charge in [0.15, 0.2) is 5.76 Å². The zero-order chi connectivity index (χ0) is 25.0. The highest BCUT2D eigenvalue weighted by Crippen LogP contribution is 2.29. The summed E-state index contributed by atoms with van der Waals surface area (Å²) in [6.45, 7) is 4.19. The number of rotatable bonds is 7. The van der Waals surface area contributed by atoms with Crippen molar-refractivity contribution in [2.45, 2.75) is 26.6 Å². The minimum Gasteiger partial charge on any atom is -0.486 e. The number of hydrazone groups is 1. The van der Waals surface area contributed by atoms with Crippen molar-refractivity contribution in [3.05, 3.63) is 107 Å². The number of aryl methyl sites for hydroxylation is 2. The largest absolute Gasteiger partial charge is 0.486 e. The summed E-state index contributed by atoms with van der Waals surface area (Å²) in [5.41, 5.74) is 4.93. The van der Waals surface area contributed by atoms with Gasteiger partial charge in [0.25, 0.3) is 0 Å². The molecule has 0 aliphatic heterocycles. The highest BCUT2D eigenvalue weighted by atomic mass is 19.4. The minimum absolute atomic E-state index is 0.00121. The molecule has 0 saturated heterocycles. The molecule has 6 nitrogen and oxygen atoms in total. The first kappa shape index (κ1) is 23.9. The quantitative estimate of drug-likeness (QED) is 0.258. The van der Waals surface area contributed by atoms with Crippen molar-refractivity contribution in [3.63, 3.8) is 0 Å². The summed E-state index contributed by atoms with van der Waals surface area (Å²) in [5.74, 6) is 0.433. The average molecular weight is 481 g/mol. The number of ether oxygens (including phenoxy) is 1. The average Bonchev–Trinajstić information content (AvgIpc) is 3.44. The van der Waals surface area contributed by atoms with Gasteiger partial charge < -0.3 is 13.7 Å². The molecule has 0 spiro atoms. The molecular formula is C26H22F3N3O3. The smallest absolute Gasteiger partial charge is 0.416 e. The molecule has 2 aromatic heterocycles. The van der Waals surface area contributed by atoms with Crippen LogP contribution in [0.3, 0.4) is 0 Å². The molecule has 0 radical (unpaired) electrons. The zero-order valence-electron chi connectivity index (χ0n) is 19.0. The fourth-order valence-corrected chi connectivity index (χ4v) is 3.51. The Bertz CT molecular complexity index is 1330. The number of hydrogen-bond acceptors (Lipinski definition) is 4. The zero-order valence-corrected chi connectivity index (χ0v) is 19.0. The number of nitrogens with zero attached hydrogens (tertiary/aromatic N) is 2. The lowest BCUT2D eigenvalue weighted by Crippen LogP contribution is -2.16. The van der Waals surface area contributed by atoms with Crippen molar-refractivity contribution < 1.29 is 27.1 Å². The van der Waals surface area contributed by atoms with Crippen LogP contribution in [0, 0.1) is 13.8 Å². The van der Waals surface area contributed by atoms with Gasteiger partial charge >= 0.3 is 12.1 Å². The molecule has 0 unspecified atom stereocenters. The summed E-state index contributed by atoms with van der Waals surface area (Å²) >= 11 is 0. The van der Waals surface area contributed by atoms with Crippen LogP contribution in [0.1, 0.15) is 38.8 Å². The van der Waals surface area contributed by atoms with Gasteiger partial charge in [0.1, 0.15) is 18.1 Å². The lowest BCUT2D eigenvalue weighted by molar-refractivity contribution is -0.137. The number of furan rings is 1. The van der Waals surface area contributed by atoms with Crippen LogP contribution in [0.5, 0.6) is 5.75 Å². The van der Waals surface area contributed by atoms with E-state index in [0.29, 0.717) is 11.5 Å². The molecule has 0 saturated carbocycles. The van der Waals surface area contributed by atoms with E-state index in [1.807, 2.05) is 38.1 Å². The Morgan fingerprint density at radius 2 is 1.74 bits per heavy atom. The van der Waals surface area contributed by atoms with Gasteiger partial charge in [-0.25, -0.2) is 5.43 Å². The van der Waals surface area contributed by atoms with Crippen molar-refractivity contribution in [1.29, 1.82) is 0 Å². The number of halogens is 3. The topological polar surface area (TPSA) is 68.8 Å². The summed E-state index contributed by atoms with van der Waals surface area (Å²) in [4.78, 5) is 12.2. The predicted molar refractivity (Wildman–Crippen MR) is 125 cm³/mol. The molecule has 0 aliphatic carbocycles. The third-order valence-electron chi connectivity index (χ3n) is 5.23. The summed E-state index contributed by atoms with van der Waals surface area (Å²) in [7, 11) is 0. The minimum atomic E-state index is -4.46. The van der Waals surface area contributed by atoms with E-state index in [0.717, 1.165) is 35.4 Å². The lowest BCUT2D eigenvalue weighted by atomic mass is 10.1. The highest BCUT2D eigenvalue weighted by molar-refractivity contribution is 5.92. The second-order valence-electron chi connectivity index (χ2n) is 7.82. The predicted octanol–water partition coefficient (Wildman–Crippen LogP) is 6.05. The second-order valence-corrected chi connectivity index (χ2v) is 7.82. The summed E-state index contributed by atoms with van der Waals surface area (Å²) in [5, 5.41) is 3.70. The van der Waals surface area contributed by atoms with E-state index in [1.165, 1.54) is 18.2 Å². The first-order valence-corrected chi connectivity index (χ1v) is 10.7. The van der Waals surface area contributed by atoms with Crippen molar-refractivity contribution in [3.8, 4) is 11.4 Å². The molecule has 2 aromatic carbocycles. The van der Waals surface area contributed by atoms with Crippen molar-refractivity contribution in [2.24, 2.45) is 5.10 Å². The second kappa shape index (κ2) is 9.92. The number of alkyl halides is 3. The SMILES string of the molecule is Cc1ccc(C)n1-c1ccc(OCc2ccc(C(=O)N/N=C/c3cccc(C(F)(F)F)c3)o2)cc1. The van der Waals surface area contributed by atoms with Crippen LogP contribution < -0.4 is 10.2 Å². The third kappa shape index (κ3) is 5.81. The van der Waals surface area contributed by atoms with E-state index in [-0.39, 0.29) is 17.9 Å². The number of hydrogen-bond donors (Lipinski definition) is 1. The Hall–Kier alpha value is -4.27. The first-order valence-electron chi connectivity index (χ1n) is 10.7. The van der Waals surface area contributed by atoms with Crippen LogP contribution in [0.2, 0.25) is 0 Å². The van der Waals surface area contributed by atoms with Crippen LogP contribution >= 0.6 is 0 Å². The lowest BCUT2D eigenvalue weighted by Gasteiger charge is -2.10. The van der Waals surface area contributed by atoms with E-state index in [4.69, 9.17) is 9.15 Å². The van der Waals surface area contributed by atoms with Gasteiger partial charge in [-0.05, 0) is 80.1 Å². The molecule has 4 rings (SSSR count). The van der Waals surface area contributed by atoms with E-state index in [9.17, 15) is 18.0 Å². The van der Waals surface area contributed by atoms with E-state index < -0.39 is 17.6 Å². The molecule has 9 heteroatoms. The van der Waals surface area contributed by atoms with Gasteiger partial charge in [0.05, 0.1) is 11.8 Å². The van der Waals surface area contributed by atoms with Crippen LogP contribution in [-0.4, -0.2) is 16.7 Å². The molecule has 35 heavy (non-hydrogen) atoms. The fraction of sp³-hybridized carbons (Fsp3) is 0.154. The molecule has 1 amide bonds.